The van der Waals surface area contributed by atoms with Crippen molar-refractivity contribution in [2.24, 2.45) is 0 Å². The largest absolute Gasteiger partial charge is 0.417 e. The van der Waals surface area contributed by atoms with E-state index in [1.54, 1.807) is 0 Å². The van der Waals surface area contributed by atoms with E-state index in [0.29, 0.717) is 18.4 Å². The van der Waals surface area contributed by atoms with Gasteiger partial charge in [-0.3, -0.25) is 4.79 Å². The van der Waals surface area contributed by atoms with E-state index < -0.39 is 17.3 Å². The third-order valence-corrected chi connectivity index (χ3v) is 4.93. The monoisotopic (exact) mass is 402 g/mol. The minimum atomic E-state index is -4.51. The second-order valence-electron chi connectivity index (χ2n) is 6.51. The Bertz CT molecular complexity index is 885. The molecule has 6 nitrogen and oxygen atoms in total. The zero-order chi connectivity index (χ0) is 19.9. The Hall–Kier alpha value is -2.13. The molecule has 0 saturated carbocycles. The first-order valence-corrected chi connectivity index (χ1v) is 8.71. The van der Waals surface area contributed by atoms with Gasteiger partial charge in [0.1, 0.15) is 5.02 Å². The summed E-state index contributed by atoms with van der Waals surface area (Å²) in [5.74, 6) is -0.0433. The highest BCUT2D eigenvalue weighted by Gasteiger charge is 2.32. The normalized spacial score (nSPS) is 23.5. The number of halogens is 4. The average molecular weight is 403 g/mol. The molecule has 0 bridgehead atoms. The van der Waals surface area contributed by atoms with Crippen molar-refractivity contribution in [3.63, 3.8) is 0 Å². The summed E-state index contributed by atoms with van der Waals surface area (Å²) in [4.78, 5) is 18.3. The highest BCUT2D eigenvalue weighted by molar-refractivity contribution is 6.33. The van der Waals surface area contributed by atoms with Crippen LogP contribution in [0.4, 0.5) is 18.9 Å². The Morgan fingerprint density at radius 2 is 1.93 bits per heavy atom. The van der Waals surface area contributed by atoms with Crippen molar-refractivity contribution in [3.05, 3.63) is 45.5 Å². The van der Waals surface area contributed by atoms with Gasteiger partial charge in [-0.05, 0) is 32.9 Å². The number of hydrogen-bond donors (Lipinski definition) is 0. The van der Waals surface area contributed by atoms with Gasteiger partial charge in [-0.2, -0.15) is 23.0 Å². The van der Waals surface area contributed by atoms with Gasteiger partial charge in [0.15, 0.2) is 5.82 Å². The van der Waals surface area contributed by atoms with Gasteiger partial charge in [-0.1, -0.05) is 11.6 Å². The molecule has 0 aromatic carbocycles. The molecule has 1 saturated heterocycles. The zero-order valence-corrected chi connectivity index (χ0v) is 15.6. The molecule has 10 heteroatoms. The maximum Gasteiger partial charge on any atom is 0.417 e. The molecule has 27 heavy (non-hydrogen) atoms. The Labute approximate surface area is 158 Å². The van der Waals surface area contributed by atoms with Crippen molar-refractivity contribution >= 4 is 17.3 Å². The van der Waals surface area contributed by atoms with Crippen LogP contribution in [-0.4, -0.2) is 39.6 Å². The van der Waals surface area contributed by atoms with E-state index in [1.165, 1.54) is 6.20 Å². The molecule has 1 fully saturated rings. The molecule has 0 radical (unpaired) electrons. The van der Waals surface area contributed by atoms with Crippen molar-refractivity contribution in [1.82, 2.24) is 14.8 Å². The lowest BCUT2D eigenvalue weighted by molar-refractivity contribution is -0.137. The van der Waals surface area contributed by atoms with E-state index in [0.717, 1.165) is 16.8 Å². The summed E-state index contributed by atoms with van der Waals surface area (Å²) in [7, 11) is 0. The zero-order valence-electron chi connectivity index (χ0n) is 14.9. The number of morpholine rings is 1. The van der Waals surface area contributed by atoms with E-state index in [2.05, 4.69) is 10.1 Å². The Morgan fingerprint density at radius 1 is 1.22 bits per heavy atom. The number of anilines is 1. The Kier molecular flexibility index (Phi) is 5.18. The van der Waals surface area contributed by atoms with Crippen LogP contribution < -0.4 is 10.5 Å². The number of aromatic nitrogens is 3. The summed E-state index contributed by atoms with van der Waals surface area (Å²) >= 11 is 6.28. The van der Waals surface area contributed by atoms with Crippen LogP contribution in [0.1, 0.15) is 26.3 Å². The first-order chi connectivity index (χ1) is 12.6. The number of ether oxygens (including phenoxy) is 1. The van der Waals surface area contributed by atoms with Gasteiger partial charge in [0.25, 0.3) is 5.56 Å². The molecule has 0 N–H and O–H groups in total. The maximum atomic E-state index is 12.7. The molecule has 2 aromatic heterocycles. The summed E-state index contributed by atoms with van der Waals surface area (Å²) in [6.45, 7) is 6.34. The molecule has 0 amide bonds. The van der Waals surface area contributed by atoms with E-state index in [4.69, 9.17) is 16.3 Å². The molecule has 146 valence electrons. The van der Waals surface area contributed by atoms with Gasteiger partial charge in [0, 0.05) is 12.7 Å². The van der Waals surface area contributed by atoms with Crippen LogP contribution in [0.15, 0.2) is 29.3 Å². The van der Waals surface area contributed by atoms with Crippen LogP contribution >= 0.6 is 11.6 Å². The molecule has 2 aromatic rings. The lowest BCUT2D eigenvalue weighted by Crippen LogP contribution is -2.52. The third-order valence-electron chi connectivity index (χ3n) is 4.57. The summed E-state index contributed by atoms with van der Waals surface area (Å²) in [6, 6.07) is 1.89. The smallest absolute Gasteiger partial charge is 0.372 e. The summed E-state index contributed by atoms with van der Waals surface area (Å²) in [6.07, 6.45) is -2.55. The fraction of sp³-hybridized carbons (Fsp3) is 0.471. The number of nitrogens with zero attached hydrogens (tertiary/aromatic N) is 4. The van der Waals surface area contributed by atoms with Crippen LogP contribution in [0.25, 0.3) is 5.82 Å². The molecule has 0 unspecified atom stereocenters. The fourth-order valence-electron chi connectivity index (χ4n) is 3.00. The van der Waals surface area contributed by atoms with E-state index in [9.17, 15) is 18.0 Å². The molecular weight excluding hydrogens is 385 g/mol. The topological polar surface area (TPSA) is 60.2 Å². The highest BCUT2D eigenvalue weighted by Crippen LogP contribution is 2.30. The molecule has 3 atom stereocenters. The summed E-state index contributed by atoms with van der Waals surface area (Å²) in [5, 5.41) is 3.98. The minimum absolute atomic E-state index is 0.0278. The van der Waals surface area contributed by atoms with Crippen molar-refractivity contribution in [2.45, 2.75) is 45.2 Å². The van der Waals surface area contributed by atoms with Crippen molar-refractivity contribution in [1.29, 1.82) is 0 Å². The van der Waals surface area contributed by atoms with Crippen LogP contribution in [0.2, 0.25) is 5.02 Å². The highest BCUT2D eigenvalue weighted by atomic mass is 35.5. The Morgan fingerprint density at radius 3 is 2.52 bits per heavy atom. The van der Waals surface area contributed by atoms with Crippen LogP contribution in [0, 0.1) is 0 Å². The van der Waals surface area contributed by atoms with E-state index >= 15 is 0 Å². The fourth-order valence-corrected chi connectivity index (χ4v) is 3.24. The molecule has 3 rings (SSSR count). The minimum Gasteiger partial charge on any atom is -0.372 e. The van der Waals surface area contributed by atoms with Crippen molar-refractivity contribution in [3.8, 4) is 5.82 Å². The van der Waals surface area contributed by atoms with Gasteiger partial charge < -0.3 is 9.64 Å². The van der Waals surface area contributed by atoms with Crippen molar-refractivity contribution < 1.29 is 17.9 Å². The van der Waals surface area contributed by atoms with Gasteiger partial charge in [-0.15, -0.1) is 0 Å². The lowest BCUT2D eigenvalue weighted by atomic mass is 10.1. The summed E-state index contributed by atoms with van der Waals surface area (Å²) in [5.41, 5.74) is -1.10. The Balaban J connectivity index is 1.97. The second kappa shape index (κ2) is 7.12. The van der Waals surface area contributed by atoms with Crippen molar-refractivity contribution in [2.75, 3.05) is 11.4 Å². The molecule has 0 spiro atoms. The number of alkyl halides is 3. The van der Waals surface area contributed by atoms with E-state index in [1.807, 2.05) is 25.7 Å². The quantitative estimate of drug-likeness (QED) is 0.771. The van der Waals surface area contributed by atoms with Crippen LogP contribution in [-0.2, 0) is 10.9 Å². The molecule has 1 aliphatic rings. The first kappa shape index (κ1) is 19.6. The molecule has 1 aliphatic heterocycles. The lowest BCUT2D eigenvalue weighted by Gasteiger charge is -2.42. The van der Waals surface area contributed by atoms with E-state index in [-0.39, 0.29) is 29.1 Å². The molecule has 0 aliphatic carbocycles. The third kappa shape index (κ3) is 3.79. The van der Waals surface area contributed by atoms with Gasteiger partial charge in [-0.25, -0.2) is 4.98 Å². The van der Waals surface area contributed by atoms with Gasteiger partial charge in [0.2, 0.25) is 0 Å². The first-order valence-electron chi connectivity index (χ1n) is 8.33. The molecule has 3 heterocycles. The number of rotatable bonds is 2. The predicted molar refractivity (Wildman–Crippen MR) is 94.5 cm³/mol. The van der Waals surface area contributed by atoms with Gasteiger partial charge >= 0.3 is 6.18 Å². The average Bonchev–Trinajstić information content (AvgIpc) is 2.60. The number of pyridine rings is 1. The van der Waals surface area contributed by atoms with Crippen LogP contribution in [0.5, 0.6) is 0 Å². The SMILES string of the molecule is C[C@@H]1CN(c2cnn(-c3ccc(C(F)(F)F)cn3)c(=O)c2Cl)[C@H](C)[C@H](C)O1. The predicted octanol–water partition coefficient (Wildman–Crippen LogP) is 3.30. The summed E-state index contributed by atoms with van der Waals surface area (Å²) < 4.78 is 44.6. The number of hydrogen-bond acceptors (Lipinski definition) is 5. The van der Waals surface area contributed by atoms with Gasteiger partial charge in [0.05, 0.1) is 35.7 Å². The van der Waals surface area contributed by atoms with Crippen LogP contribution in [0.3, 0.4) is 0 Å². The second-order valence-corrected chi connectivity index (χ2v) is 6.89. The maximum absolute atomic E-state index is 12.7. The standard InChI is InChI=1S/C17H18ClF3N4O2/c1-9-8-24(10(2)11(3)27-9)13-7-23-25(16(26)15(13)18)14-5-4-12(6-22-14)17(19,20)21/h4-7,9-11H,8H2,1-3H3/t9-,10-,11+/m1/s1. The molecular formula is C17H18ClF3N4O2.